The van der Waals surface area contributed by atoms with Crippen molar-refractivity contribution < 1.29 is 26.3 Å². The first-order valence-corrected chi connectivity index (χ1v) is 12.6. The minimum Gasteiger partial charge on any atom is -0.494 e. The Labute approximate surface area is 178 Å². The van der Waals surface area contributed by atoms with Crippen LogP contribution in [0.1, 0.15) is 27.7 Å². The Kier molecular flexibility index (Phi) is 8.10. The molecule has 0 aliphatic carbocycles. The lowest BCUT2D eigenvalue weighted by molar-refractivity contribution is 0.332. The maximum absolute atomic E-state index is 12.9. The molecule has 0 spiro atoms. The maximum Gasteiger partial charge on any atom is 0.262 e. The third kappa shape index (κ3) is 5.44. The second-order valence-electron chi connectivity index (χ2n) is 6.19. The average molecular weight is 457 g/mol. The van der Waals surface area contributed by atoms with E-state index in [0.717, 1.165) is 0 Å². The van der Waals surface area contributed by atoms with Gasteiger partial charge in [-0.1, -0.05) is 13.8 Å². The van der Waals surface area contributed by atoms with Gasteiger partial charge in [0.25, 0.3) is 10.0 Å². The van der Waals surface area contributed by atoms with Crippen molar-refractivity contribution in [3.8, 4) is 11.5 Å². The normalized spacial score (nSPS) is 12.0. The summed E-state index contributed by atoms with van der Waals surface area (Å²) in [4.78, 5) is -0.0243. The van der Waals surface area contributed by atoms with Crippen LogP contribution in [-0.4, -0.2) is 47.4 Å². The molecule has 8 nitrogen and oxygen atoms in total. The molecule has 10 heteroatoms. The second-order valence-corrected chi connectivity index (χ2v) is 9.81. The fourth-order valence-corrected chi connectivity index (χ4v) is 5.35. The topological polar surface area (TPSA) is 102 Å². The molecule has 0 aliphatic heterocycles. The van der Waals surface area contributed by atoms with Gasteiger partial charge in [0.1, 0.15) is 11.5 Å². The van der Waals surface area contributed by atoms with Gasteiger partial charge < -0.3 is 9.47 Å². The van der Waals surface area contributed by atoms with E-state index in [4.69, 9.17) is 9.47 Å². The quantitative estimate of drug-likeness (QED) is 0.557. The monoisotopic (exact) mass is 456 g/mol. The molecule has 0 saturated carbocycles. The molecular formula is C20H28N2O6S2. The van der Waals surface area contributed by atoms with Crippen LogP contribution in [0.15, 0.2) is 52.3 Å². The van der Waals surface area contributed by atoms with Gasteiger partial charge in [-0.2, -0.15) is 4.31 Å². The second kappa shape index (κ2) is 10.1. The van der Waals surface area contributed by atoms with Crippen LogP contribution < -0.4 is 14.2 Å². The summed E-state index contributed by atoms with van der Waals surface area (Å²) < 4.78 is 65.7. The smallest absolute Gasteiger partial charge is 0.262 e. The predicted molar refractivity (Wildman–Crippen MR) is 116 cm³/mol. The highest BCUT2D eigenvalue weighted by Gasteiger charge is 2.23. The zero-order chi connectivity index (χ0) is 22.4. The first kappa shape index (κ1) is 24.0. The van der Waals surface area contributed by atoms with Gasteiger partial charge in [0.05, 0.1) is 28.7 Å². The van der Waals surface area contributed by atoms with Crippen LogP contribution in [0.3, 0.4) is 0 Å². The Morgan fingerprint density at radius 3 is 1.90 bits per heavy atom. The van der Waals surface area contributed by atoms with E-state index in [0.29, 0.717) is 37.8 Å². The molecule has 0 aliphatic rings. The SMILES string of the molecule is CCOc1ccc(OCC)c(NS(=O)(=O)c2ccc(S(=O)(=O)N(CC)CC)cc2)c1. The van der Waals surface area contributed by atoms with E-state index in [-0.39, 0.29) is 15.5 Å². The lowest BCUT2D eigenvalue weighted by atomic mass is 10.3. The summed E-state index contributed by atoms with van der Waals surface area (Å²) in [6, 6.07) is 10.00. The molecule has 0 atom stereocenters. The molecule has 2 aromatic rings. The van der Waals surface area contributed by atoms with E-state index < -0.39 is 20.0 Å². The van der Waals surface area contributed by atoms with E-state index in [1.54, 1.807) is 39.0 Å². The van der Waals surface area contributed by atoms with Gasteiger partial charge in [-0.3, -0.25) is 4.72 Å². The molecule has 0 saturated heterocycles. The van der Waals surface area contributed by atoms with E-state index in [9.17, 15) is 16.8 Å². The third-order valence-corrected chi connectivity index (χ3v) is 7.73. The van der Waals surface area contributed by atoms with Crippen molar-refractivity contribution in [2.45, 2.75) is 37.5 Å². The van der Waals surface area contributed by atoms with Crippen LogP contribution in [-0.2, 0) is 20.0 Å². The summed E-state index contributed by atoms with van der Waals surface area (Å²) in [5, 5.41) is 0. The van der Waals surface area contributed by atoms with Crippen LogP contribution >= 0.6 is 0 Å². The van der Waals surface area contributed by atoms with E-state index in [1.165, 1.54) is 28.6 Å². The number of hydrogen-bond acceptors (Lipinski definition) is 6. The van der Waals surface area contributed by atoms with Crippen LogP contribution in [0.4, 0.5) is 5.69 Å². The lowest BCUT2D eigenvalue weighted by Gasteiger charge is -2.18. The van der Waals surface area contributed by atoms with Crippen molar-refractivity contribution in [3.63, 3.8) is 0 Å². The molecule has 0 amide bonds. The summed E-state index contributed by atoms with van der Waals surface area (Å²) in [7, 11) is -7.64. The van der Waals surface area contributed by atoms with Crippen molar-refractivity contribution in [1.29, 1.82) is 0 Å². The molecular weight excluding hydrogens is 428 g/mol. The van der Waals surface area contributed by atoms with Gasteiger partial charge in [-0.25, -0.2) is 16.8 Å². The van der Waals surface area contributed by atoms with Crippen LogP contribution in [0.5, 0.6) is 11.5 Å². The van der Waals surface area contributed by atoms with Gasteiger partial charge in [-0.15, -0.1) is 0 Å². The fourth-order valence-electron chi connectivity index (χ4n) is 2.83. The van der Waals surface area contributed by atoms with Gasteiger partial charge in [0.15, 0.2) is 0 Å². The number of nitrogens with zero attached hydrogens (tertiary/aromatic N) is 1. The summed E-state index contributed by atoms with van der Waals surface area (Å²) in [6.45, 7) is 8.57. The Hall–Kier alpha value is -2.30. The highest BCUT2D eigenvalue weighted by Crippen LogP contribution is 2.31. The van der Waals surface area contributed by atoms with Crippen LogP contribution in [0.2, 0.25) is 0 Å². The van der Waals surface area contributed by atoms with Crippen molar-refractivity contribution in [1.82, 2.24) is 4.31 Å². The summed E-state index contributed by atoms with van der Waals surface area (Å²) in [5.74, 6) is 0.865. The molecule has 166 valence electrons. The maximum atomic E-state index is 12.9. The molecule has 0 unspecified atom stereocenters. The van der Waals surface area contributed by atoms with Crippen LogP contribution in [0.25, 0.3) is 0 Å². The van der Waals surface area contributed by atoms with Gasteiger partial charge >= 0.3 is 0 Å². The number of sulfonamides is 2. The summed E-state index contributed by atoms with van der Waals surface area (Å²) in [5.41, 5.74) is 0.239. The zero-order valence-corrected chi connectivity index (χ0v) is 19.2. The van der Waals surface area contributed by atoms with E-state index in [1.807, 2.05) is 6.92 Å². The fraction of sp³-hybridized carbons (Fsp3) is 0.400. The van der Waals surface area contributed by atoms with Crippen molar-refractivity contribution in [2.75, 3.05) is 31.0 Å². The molecule has 0 heterocycles. The lowest BCUT2D eigenvalue weighted by Crippen LogP contribution is -2.30. The van der Waals surface area contributed by atoms with Gasteiger partial charge in [-0.05, 0) is 50.2 Å². The number of nitrogens with one attached hydrogen (secondary N) is 1. The minimum absolute atomic E-state index is 0.0403. The first-order chi connectivity index (χ1) is 14.2. The average Bonchev–Trinajstić information content (AvgIpc) is 2.71. The Balaban J connectivity index is 2.35. The van der Waals surface area contributed by atoms with Crippen molar-refractivity contribution in [2.24, 2.45) is 0 Å². The molecule has 0 fully saturated rings. The van der Waals surface area contributed by atoms with Crippen LogP contribution in [0, 0.1) is 0 Å². The summed E-state index contributed by atoms with van der Waals surface area (Å²) in [6.07, 6.45) is 0. The Morgan fingerprint density at radius 1 is 0.800 bits per heavy atom. The van der Waals surface area contributed by atoms with E-state index >= 15 is 0 Å². The third-order valence-electron chi connectivity index (χ3n) is 4.28. The zero-order valence-electron chi connectivity index (χ0n) is 17.6. The largest absolute Gasteiger partial charge is 0.494 e. The molecule has 0 bridgehead atoms. The molecule has 0 radical (unpaired) electrons. The molecule has 1 N–H and O–H groups in total. The van der Waals surface area contributed by atoms with Gasteiger partial charge in [0, 0.05) is 19.2 Å². The number of anilines is 1. The first-order valence-electron chi connectivity index (χ1n) is 9.72. The van der Waals surface area contributed by atoms with Gasteiger partial charge in [0.2, 0.25) is 10.0 Å². The minimum atomic E-state index is -3.97. The number of ether oxygens (including phenoxy) is 2. The molecule has 30 heavy (non-hydrogen) atoms. The van der Waals surface area contributed by atoms with E-state index in [2.05, 4.69) is 4.72 Å². The Morgan fingerprint density at radius 2 is 1.37 bits per heavy atom. The molecule has 2 rings (SSSR count). The molecule has 2 aromatic carbocycles. The van der Waals surface area contributed by atoms with Crippen molar-refractivity contribution >= 4 is 25.7 Å². The Bertz CT molecular complexity index is 1050. The van der Waals surface area contributed by atoms with Crippen molar-refractivity contribution in [3.05, 3.63) is 42.5 Å². The number of rotatable bonds is 11. The molecule has 0 aromatic heterocycles. The highest BCUT2D eigenvalue weighted by molar-refractivity contribution is 7.92. The summed E-state index contributed by atoms with van der Waals surface area (Å²) >= 11 is 0. The number of benzene rings is 2. The highest BCUT2D eigenvalue weighted by atomic mass is 32.2. The predicted octanol–water partition coefficient (Wildman–Crippen LogP) is 3.32. The standard InChI is InChI=1S/C20H28N2O6S2/c1-5-22(6-2)30(25,26)18-12-10-17(11-13-18)29(23,24)21-19-15-16(27-7-3)9-14-20(19)28-8-4/h9-15,21H,5-8H2,1-4H3. The number of hydrogen-bond donors (Lipinski definition) is 1.